The Balaban J connectivity index is 0.977. The van der Waals surface area contributed by atoms with Crippen LogP contribution in [0.25, 0.3) is 22.3 Å². The molecular formula is C45H39N5O7S. The summed E-state index contributed by atoms with van der Waals surface area (Å²) in [6.45, 7) is 0.000470. The lowest BCUT2D eigenvalue weighted by atomic mass is 9.94. The number of aliphatic hydroxyl groups excluding tert-OH is 1. The van der Waals surface area contributed by atoms with Crippen LogP contribution in [0.3, 0.4) is 0 Å². The summed E-state index contributed by atoms with van der Waals surface area (Å²) >= 11 is 1.36. The fraction of sp³-hybridized carbons (Fsp3) is 0.178. The van der Waals surface area contributed by atoms with Crippen LogP contribution in [0.1, 0.15) is 55.3 Å². The number of aliphatic hydroxyl groups is 1. The summed E-state index contributed by atoms with van der Waals surface area (Å²) in [6, 6.07) is 42.1. The second kappa shape index (κ2) is 17.8. The van der Waals surface area contributed by atoms with E-state index in [2.05, 4.69) is 44.5 Å². The number of anilines is 1. The van der Waals surface area contributed by atoms with Crippen molar-refractivity contribution in [3.05, 3.63) is 174 Å². The Morgan fingerprint density at radius 3 is 2.24 bits per heavy atom. The van der Waals surface area contributed by atoms with Gasteiger partial charge in [0.2, 0.25) is 0 Å². The number of fused-ring (bicyclic) bond motifs is 1. The highest BCUT2D eigenvalue weighted by molar-refractivity contribution is 7.95. The van der Waals surface area contributed by atoms with Crippen LogP contribution >= 0.6 is 12.0 Å². The van der Waals surface area contributed by atoms with Crippen LogP contribution in [-0.2, 0) is 20.3 Å². The molecule has 292 valence electrons. The number of benzene rings is 5. The molecule has 7 aromatic rings. The Morgan fingerprint density at radius 1 is 0.862 bits per heavy atom. The fourth-order valence-electron chi connectivity index (χ4n) is 6.91. The number of rotatable bonds is 14. The maximum absolute atomic E-state index is 13.9. The normalized spacial score (nSPS) is 16.4. The molecule has 2 N–H and O–H groups in total. The molecule has 1 saturated heterocycles. The number of carbonyl (C=O) groups excluding carboxylic acids is 2. The second-order valence-corrected chi connectivity index (χ2v) is 14.4. The minimum absolute atomic E-state index is 0.0723. The zero-order valence-electron chi connectivity index (χ0n) is 31.4. The van der Waals surface area contributed by atoms with E-state index in [4.69, 9.17) is 18.4 Å². The van der Waals surface area contributed by atoms with Crippen molar-refractivity contribution >= 4 is 40.9 Å². The SMILES string of the molecule is COc1ccc(-c2c(COSC(c3ccccc3)c3ccccc3)cccc2C(=O)OC[C@H]2O[C@@H](n3cnc4c(NC(=O)c5ccccc5)ncnc43)C[C@@H]2O)cc1. The van der Waals surface area contributed by atoms with Crippen LogP contribution in [0, 0.1) is 0 Å². The zero-order valence-corrected chi connectivity index (χ0v) is 32.2. The summed E-state index contributed by atoms with van der Waals surface area (Å²) in [5.74, 6) is 0.00716. The third kappa shape index (κ3) is 8.48. The van der Waals surface area contributed by atoms with E-state index in [1.165, 1.54) is 24.7 Å². The maximum Gasteiger partial charge on any atom is 0.338 e. The van der Waals surface area contributed by atoms with E-state index in [1.807, 2.05) is 72.8 Å². The number of carbonyl (C=O) groups is 2. The van der Waals surface area contributed by atoms with Gasteiger partial charge in [-0.25, -0.2) is 19.7 Å². The minimum atomic E-state index is -0.950. The molecule has 5 aromatic carbocycles. The van der Waals surface area contributed by atoms with Gasteiger partial charge in [0.25, 0.3) is 5.91 Å². The third-order valence-corrected chi connectivity index (χ3v) is 10.8. The average Bonchev–Trinajstić information content (AvgIpc) is 3.88. The van der Waals surface area contributed by atoms with Crippen molar-refractivity contribution in [2.75, 3.05) is 19.0 Å². The number of nitrogens with one attached hydrogen (secondary N) is 1. The van der Waals surface area contributed by atoms with Crippen LogP contribution in [0.15, 0.2) is 146 Å². The molecule has 12 nitrogen and oxygen atoms in total. The van der Waals surface area contributed by atoms with Gasteiger partial charge in [-0.1, -0.05) is 103 Å². The van der Waals surface area contributed by atoms with Gasteiger partial charge in [0, 0.05) is 29.6 Å². The first-order valence-electron chi connectivity index (χ1n) is 18.7. The molecule has 8 rings (SSSR count). The highest BCUT2D eigenvalue weighted by atomic mass is 32.2. The Hall–Kier alpha value is -6.38. The van der Waals surface area contributed by atoms with E-state index in [1.54, 1.807) is 48.1 Å². The molecule has 13 heteroatoms. The largest absolute Gasteiger partial charge is 0.497 e. The number of nitrogens with zero attached hydrogens (tertiary/aromatic N) is 4. The van der Waals surface area contributed by atoms with Crippen LogP contribution in [0.5, 0.6) is 5.75 Å². The molecular weight excluding hydrogens is 755 g/mol. The molecule has 0 bridgehead atoms. The van der Waals surface area contributed by atoms with Crippen molar-refractivity contribution in [1.29, 1.82) is 0 Å². The van der Waals surface area contributed by atoms with Crippen molar-refractivity contribution < 1.29 is 33.1 Å². The average molecular weight is 794 g/mol. The molecule has 0 unspecified atom stereocenters. The number of amides is 1. The fourth-order valence-corrected chi connectivity index (χ4v) is 7.78. The summed E-state index contributed by atoms with van der Waals surface area (Å²) in [7, 11) is 1.60. The third-order valence-electron chi connectivity index (χ3n) is 9.85. The lowest BCUT2D eigenvalue weighted by Gasteiger charge is -2.19. The highest BCUT2D eigenvalue weighted by Crippen LogP contribution is 2.39. The number of hydrogen-bond acceptors (Lipinski definition) is 11. The highest BCUT2D eigenvalue weighted by Gasteiger charge is 2.37. The number of ether oxygens (including phenoxy) is 3. The van der Waals surface area contributed by atoms with E-state index in [0.29, 0.717) is 33.6 Å². The Labute approximate surface area is 339 Å². The topological polar surface area (TPSA) is 147 Å². The number of methoxy groups -OCH3 is 1. The number of aromatic nitrogens is 4. The molecule has 0 spiro atoms. The maximum atomic E-state index is 13.9. The summed E-state index contributed by atoms with van der Waals surface area (Å²) < 4.78 is 25.5. The van der Waals surface area contributed by atoms with E-state index in [-0.39, 0.29) is 36.6 Å². The van der Waals surface area contributed by atoms with Gasteiger partial charge in [0.15, 0.2) is 17.0 Å². The molecule has 1 aliphatic rings. The van der Waals surface area contributed by atoms with Crippen molar-refractivity contribution in [3.63, 3.8) is 0 Å². The van der Waals surface area contributed by atoms with Gasteiger partial charge in [-0.3, -0.25) is 9.36 Å². The lowest BCUT2D eigenvalue weighted by Crippen LogP contribution is -2.28. The van der Waals surface area contributed by atoms with Gasteiger partial charge in [0.1, 0.15) is 31.0 Å². The monoisotopic (exact) mass is 793 g/mol. The molecule has 2 aromatic heterocycles. The van der Waals surface area contributed by atoms with E-state index < -0.39 is 24.4 Å². The minimum Gasteiger partial charge on any atom is -0.497 e. The van der Waals surface area contributed by atoms with Crippen LogP contribution in [0.4, 0.5) is 5.82 Å². The number of esters is 1. The quantitative estimate of drug-likeness (QED) is 0.0811. The van der Waals surface area contributed by atoms with Gasteiger partial charge in [-0.15, -0.1) is 0 Å². The van der Waals surface area contributed by atoms with Crippen LogP contribution in [0.2, 0.25) is 0 Å². The number of hydrogen-bond donors (Lipinski definition) is 2. The molecule has 0 radical (unpaired) electrons. The van der Waals surface area contributed by atoms with Gasteiger partial charge in [0.05, 0.1) is 37.0 Å². The van der Waals surface area contributed by atoms with E-state index in [0.717, 1.165) is 22.3 Å². The molecule has 0 aliphatic carbocycles. The van der Waals surface area contributed by atoms with E-state index in [9.17, 15) is 14.7 Å². The second-order valence-electron chi connectivity index (χ2n) is 13.5. The molecule has 1 aliphatic heterocycles. The molecule has 3 atom stereocenters. The summed E-state index contributed by atoms with van der Waals surface area (Å²) in [4.78, 5) is 39.8. The van der Waals surface area contributed by atoms with Gasteiger partial charge in [-0.05, 0) is 52.6 Å². The number of imidazole rings is 1. The first kappa shape index (κ1) is 38.5. The summed E-state index contributed by atoms with van der Waals surface area (Å²) in [5, 5.41) is 13.8. The molecule has 58 heavy (non-hydrogen) atoms. The first-order valence-corrected chi connectivity index (χ1v) is 19.5. The predicted molar refractivity (Wildman–Crippen MR) is 220 cm³/mol. The molecule has 1 amide bonds. The van der Waals surface area contributed by atoms with Crippen molar-refractivity contribution in [3.8, 4) is 16.9 Å². The van der Waals surface area contributed by atoms with Crippen LogP contribution in [-0.4, -0.2) is 62.4 Å². The Morgan fingerprint density at radius 2 is 1.55 bits per heavy atom. The summed E-state index contributed by atoms with van der Waals surface area (Å²) in [6.07, 6.45) is 0.602. The van der Waals surface area contributed by atoms with Crippen molar-refractivity contribution in [1.82, 2.24) is 19.5 Å². The van der Waals surface area contributed by atoms with E-state index >= 15 is 0 Å². The van der Waals surface area contributed by atoms with Crippen LogP contribution < -0.4 is 10.1 Å². The molecule has 3 heterocycles. The van der Waals surface area contributed by atoms with Crippen molar-refractivity contribution in [2.45, 2.75) is 36.7 Å². The lowest BCUT2D eigenvalue weighted by molar-refractivity contribution is -0.0509. The Bertz CT molecular complexity index is 2450. The first-order chi connectivity index (χ1) is 28.5. The predicted octanol–water partition coefficient (Wildman–Crippen LogP) is 8.21. The van der Waals surface area contributed by atoms with Gasteiger partial charge < -0.3 is 28.8 Å². The van der Waals surface area contributed by atoms with Crippen molar-refractivity contribution in [2.24, 2.45) is 0 Å². The van der Waals surface area contributed by atoms with Gasteiger partial charge >= 0.3 is 5.97 Å². The molecule has 1 fully saturated rings. The standard InChI is InChI=1S/C45H39N5O7S/c1-54-34-22-20-29(21-23-34)39-33(25-56-58-41(30-12-5-2-6-13-30)31-14-7-3-8-15-31)18-11-19-35(39)45(53)55-26-37-36(51)24-38(57-37)50-28-48-40-42(46-27-47-43(40)50)49-44(52)32-16-9-4-10-17-32/h2-23,27-28,36-38,41,51H,24-26H2,1H3,(H,46,47,49,52)/t36-,37+,38+/m0/s1. The smallest absolute Gasteiger partial charge is 0.338 e. The zero-order chi connectivity index (χ0) is 39.8. The Kier molecular flexibility index (Phi) is 11.8. The summed E-state index contributed by atoms with van der Waals surface area (Å²) in [5.41, 5.74) is 6.04. The van der Waals surface area contributed by atoms with Gasteiger partial charge in [-0.2, -0.15) is 0 Å². The molecule has 0 saturated carbocycles.